The van der Waals surface area contributed by atoms with Crippen molar-refractivity contribution in [3.8, 4) is 0 Å². The van der Waals surface area contributed by atoms with Gasteiger partial charge in [0.2, 0.25) is 0 Å². The van der Waals surface area contributed by atoms with Crippen molar-refractivity contribution in [2.75, 3.05) is 11.9 Å². The number of rotatable bonds is 6. The number of hydrogen-bond donors (Lipinski definition) is 2. The Hall–Kier alpha value is -2.44. The molecular weight excluding hydrogens is 270 g/mol. The summed E-state index contributed by atoms with van der Waals surface area (Å²) in [5.74, 6) is 1.10. The molecule has 0 radical (unpaired) electrons. The molecule has 2 rings (SSSR count). The quantitative estimate of drug-likeness (QED) is 0.842. The van der Waals surface area contributed by atoms with Crippen molar-refractivity contribution in [1.82, 2.24) is 20.4 Å². The molecule has 0 saturated heterocycles. The SMILES string of the molecule is CCCNc1cnc(C(=O)NCc2c(C)noc2C)cn1. The van der Waals surface area contributed by atoms with Crippen molar-refractivity contribution < 1.29 is 9.32 Å². The summed E-state index contributed by atoms with van der Waals surface area (Å²) in [6, 6.07) is 0. The zero-order valence-electron chi connectivity index (χ0n) is 12.4. The summed E-state index contributed by atoms with van der Waals surface area (Å²) >= 11 is 0. The van der Waals surface area contributed by atoms with Crippen LogP contribution in [0.15, 0.2) is 16.9 Å². The van der Waals surface area contributed by atoms with Crippen LogP contribution in [0.3, 0.4) is 0 Å². The van der Waals surface area contributed by atoms with E-state index in [-0.39, 0.29) is 11.6 Å². The number of carbonyl (C=O) groups is 1. The lowest BCUT2D eigenvalue weighted by molar-refractivity contribution is 0.0945. The maximum atomic E-state index is 12.0. The summed E-state index contributed by atoms with van der Waals surface area (Å²) < 4.78 is 5.05. The Morgan fingerprint density at radius 3 is 2.67 bits per heavy atom. The van der Waals surface area contributed by atoms with Gasteiger partial charge >= 0.3 is 0 Å². The van der Waals surface area contributed by atoms with Gasteiger partial charge in [0.05, 0.1) is 18.1 Å². The van der Waals surface area contributed by atoms with E-state index in [1.807, 2.05) is 13.8 Å². The van der Waals surface area contributed by atoms with Gasteiger partial charge in [0.1, 0.15) is 17.3 Å². The Morgan fingerprint density at radius 2 is 2.10 bits per heavy atom. The van der Waals surface area contributed by atoms with E-state index in [0.717, 1.165) is 24.2 Å². The Labute approximate surface area is 123 Å². The Morgan fingerprint density at radius 1 is 1.29 bits per heavy atom. The molecular formula is C14H19N5O2. The fourth-order valence-electron chi connectivity index (χ4n) is 1.80. The first kappa shape index (κ1) is 15.0. The van der Waals surface area contributed by atoms with E-state index in [2.05, 4.69) is 32.7 Å². The standard InChI is InChI=1S/C14H19N5O2/c1-4-5-15-13-8-16-12(7-17-13)14(20)18-6-11-9(2)19-21-10(11)3/h7-8H,4-6H2,1-3H3,(H,15,17)(H,18,20). The van der Waals surface area contributed by atoms with Gasteiger partial charge in [0, 0.05) is 18.7 Å². The van der Waals surface area contributed by atoms with Crippen LogP contribution in [0.1, 0.15) is 40.9 Å². The summed E-state index contributed by atoms with van der Waals surface area (Å²) in [7, 11) is 0. The van der Waals surface area contributed by atoms with Gasteiger partial charge in [-0.2, -0.15) is 0 Å². The van der Waals surface area contributed by atoms with Gasteiger partial charge in [-0.3, -0.25) is 4.79 Å². The molecule has 0 bridgehead atoms. The third-order valence-corrected chi connectivity index (χ3v) is 3.05. The molecule has 7 nitrogen and oxygen atoms in total. The van der Waals surface area contributed by atoms with Crippen molar-refractivity contribution in [2.24, 2.45) is 0 Å². The Balaban J connectivity index is 1.94. The molecule has 0 saturated carbocycles. The predicted molar refractivity (Wildman–Crippen MR) is 78.0 cm³/mol. The van der Waals surface area contributed by atoms with Gasteiger partial charge < -0.3 is 15.2 Å². The highest BCUT2D eigenvalue weighted by Crippen LogP contribution is 2.11. The molecule has 0 aliphatic rings. The van der Waals surface area contributed by atoms with Crippen LogP contribution >= 0.6 is 0 Å². The molecule has 0 aliphatic carbocycles. The van der Waals surface area contributed by atoms with E-state index < -0.39 is 0 Å². The lowest BCUT2D eigenvalue weighted by Gasteiger charge is -2.06. The van der Waals surface area contributed by atoms with Crippen LogP contribution in [0.4, 0.5) is 5.82 Å². The van der Waals surface area contributed by atoms with Crippen molar-refractivity contribution in [3.05, 3.63) is 35.1 Å². The number of nitrogens with one attached hydrogen (secondary N) is 2. The van der Waals surface area contributed by atoms with Gasteiger partial charge in [0.25, 0.3) is 5.91 Å². The molecule has 2 heterocycles. The van der Waals surface area contributed by atoms with Crippen molar-refractivity contribution >= 4 is 11.7 Å². The van der Waals surface area contributed by atoms with Gasteiger partial charge in [-0.15, -0.1) is 0 Å². The molecule has 2 aromatic rings. The van der Waals surface area contributed by atoms with Crippen LogP contribution in [0.5, 0.6) is 0 Å². The van der Waals surface area contributed by atoms with Gasteiger partial charge in [0.15, 0.2) is 0 Å². The molecule has 0 unspecified atom stereocenters. The smallest absolute Gasteiger partial charge is 0.271 e. The van der Waals surface area contributed by atoms with E-state index in [1.165, 1.54) is 6.20 Å². The van der Waals surface area contributed by atoms with E-state index in [0.29, 0.717) is 18.1 Å². The summed E-state index contributed by atoms with van der Waals surface area (Å²) in [5.41, 5.74) is 1.94. The first-order chi connectivity index (χ1) is 10.1. The monoisotopic (exact) mass is 289 g/mol. The zero-order valence-corrected chi connectivity index (χ0v) is 12.4. The molecule has 0 atom stereocenters. The van der Waals surface area contributed by atoms with E-state index in [1.54, 1.807) is 6.20 Å². The van der Waals surface area contributed by atoms with Crippen LogP contribution < -0.4 is 10.6 Å². The molecule has 112 valence electrons. The van der Waals surface area contributed by atoms with Crippen LogP contribution in [0.2, 0.25) is 0 Å². The number of hydrogen-bond acceptors (Lipinski definition) is 6. The number of nitrogens with zero attached hydrogens (tertiary/aromatic N) is 3. The molecule has 7 heteroatoms. The Bertz CT molecular complexity index is 587. The fraction of sp³-hybridized carbons (Fsp3) is 0.429. The second-order valence-corrected chi connectivity index (χ2v) is 4.70. The largest absolute Gasteiger partial charge is 0.369 e. The van der Waals surface area contributed by atoms with Crippen LogP contribution in [0, 0.1) is 13.8 Å². The highest BCUT2D eigenvalue weighted by atomic mass is 16.5. The highest BCUT2D eigenvalue weighted by Gasteiger charge is 2.12. The van der Waals surface area contributed by atoms with Crippen molar-refractivity contribution in [1.29, 1.82) is 0 Å². The maximum Gasteiger partial charge on any atom is 0.271 e. The predicted octanol–water partition coefficient (Wildman–Crippen LogP) is 1.83. The number of aryl methyl sites for hydroxylation is 2. The van der Waals surface area contributed by atoms with Crippen molar-refractivity contribution in [3.63, 3.8) is 0 Å². The third-order valence-electron chi connectivity index (χ3n) is 3.05. The lowest BCUT2D eigenvalue weighted by Crippen LogP contribution is -2.24. The minimum Gasteiger partial charge on any atom is -0.369 e. The molecule has 0 aromatic carbocycles. The van der Waals surface area contributed by atoms with Gasteiger partial charge in [-0.05, 0) is 20.3 Å². The molecule has 0 aliphatic heterocycles. The van der Waals surface area contributed by atoms with E-state index >= 15 is 0 Å². The summed E-state index contributed by atoms with van der Waals surface area (Å²) in [4.78, 5) is 20.3. The molecule has 2 N–H and O–H groups in total. The molecule has 21 heavy (non-hydrogen) atoms. The minimum absolute atomic E-state index is 0.274. The summed E-state index contributed by atoms with van der Waals surface area (Å²) in [5, 5.41) is 9.73. The average molecular weight is 289 g/mol. The second-order valence-electron chi connectivity index (χ2n) is 4.70. The zero-order chi connectivity index (χ0) is 15.2. The normalized spacial score (nSPS) is 10.4. The maximum absolute atomic E-state index is 12.0. The first-order valence-corrected chi connectivity index (χ1v) is 6.87. The molecule has 0 fully saturated rings. The van der Waals surface area contributed by atoms with Crippen LogP contribution in [-0.2, 0) is 6.54 Å². The lowest BCUT2D eigenvalue weighted by atomic mass is 10.2. The van der Waals surface area contributed by atoms with Gasteiger partial charge in [-0.1, -0.05) is 12.1 Å². The fourth-order valence-corrected chi connectivity index (χ4v) is 1.80. The summed E-state index contributed by atoms with van der Waals surface area (Å²) in [6.45, 7) is 6.90. The van der Waals surface area contributed by atoms with Gasteiger partial charge in [-0.25, -0.2) is 9.97 Å². The summed E-state index contributed by atoms with van der Waals surface area (Å²) in [6.07, 6.45) is 4.02. The van der Waals surface area contributed by atoms with Crippen molar-refractivity contribution in [2.45, 2.75) is 33.7 Å². The Kier molecular flexibility index (Phi) is 4.86. The average Bonchev–Trinajstić information content (AvgIpc) is 2.82. The molecule has 2 aromatic heterocycles. The number of anilines is 1. The topological polar surface area (TPSA) is 92.9 Å². The van der Waals surface area contributed by atoms with Crippen LogP contribution in [0.25, 0.3) is 0 Å². The molecule has 0 spiro atoms. The molecule has 1 amide bonds. The first-order valence-electron chi connectivity index (χ1n) is 6.87. The highest BCUT2D eigenvalue weighted by molar-refractivity contribution is 5.91. The number of amides is 1. The minimum atomic E-state index is -0.274. The van der Waals surface area contributed by atoms with E-state index in [9.17, 15) is 4.79 Å². The number of aromatic nitrogens is 3. The third kappa shape index (κ3) is 3.77. The second kappa shape index (κ2) is 6.83. The van der Waals surface area contributed by atoms with E-state index in [4.69, 9.17) is 4.52 Å². The van der Waals surface area contributed by atoms with Crippen LogP contribution in [-0.4, -0.2) is 27.6 Å². The number of carbonyl (C=O) groups excluding carboxylic acids is 1.